The molecule has 13 heavy (non-hydrogen) atoms. The van der Waals surface area contributed by atoms with Crippen LogP contribution < -0.4 is 0 Å². The van der Waals surface area contributed by atoms with Crippen molar-refractivity contribution in [1.82, 2.24) is 4.98 Å². The first-order valence-electron chi connectivity index (χ1n) is 4.79. The minimum atomic E-state index is 0.775. The van der Waals surface area contributed by atoms with Crippen LogP contribution in [0.25, 0.3) is 10.2 Å². The van der Waals surface area contributed by atoms with Crippen LogP contribution in [-0.4, -0.2) is 4.98 Å². The van der Waals surface area contributed by atoms with Gasteiger partial charge in [0.2, 0.25) is 0 Å². The number of fused-ring (bicyclic) bond motifs is 1. The van der Waals surface area contributed by atoms with E-state index in [1.165, 1.54) is 34.5 Å². The summed E-state index contributed by atoms with van der Waals surface area (Å²) in [7, 11) is 0. The molecule has 1 nitrogen and oxygen atoms in total. The van der Waals surface area contributed by atoms with Crippen molar-refractivity contribution in [1.29, 1.82) is 0 Å². The lowest BCUT2D eigenvalue weighted by Gasteiger charge is -2.22. The van der Waals surface area contributed by atoms with Crippen LogP contribution >= 0.6 is 11.3 Å². The van der Waals surface area contributed by atoms with Crippen molar-refractivity contribution in [2.45, 2.75) is 25.2 Å². The van der Waals surface area contributed by atoms with Gasteiger partial charge in [0, 0.05) is 5.92 Å². The molecule has 66 valence electrons. The molecule has 0 saturated heterocycles. The highest BCUT2D eigenvalue weighted by Gasteiger charge is 2.22. The highest BCUT2D eigenvalue weighted by atomic mass is 32.1. The molecule has 0 atom stereocenters. The summed E-state index contributed by atoms with van der Waals surface area (Å²) in [5.41, 5.74) is 1.18. The third-order valence-electron chi connectivity index (χ3n) is 2.76. The second-order valence-corrected chi connectivity index (χ2v) is 4.71. The summed E-state index contributed by atoms with van der Waals surface area (Å²) in [6.07, 6.45) is 4.08. The molecule has 3 rings (SSSR count). The third-order valence-corrected chi connectivity index (χ3v) is 3.96. The van der Waals surface area contributed by atoms with Crippen molar-refractivity contribution in [3.63, 3.8) is 0 Å². The van der Waals surface area contributed by atoms with Crippen LogP contribution in [0.1, 0.15) is 30.2 Å². The summed E-state index contributed by atoms with van der Waals surface area (Å²) in [4.78, 5) is 4.65. The van der Waals surface area contributed by atoms with E-state index in [9.17, 15) is 0 Å². The maximum absolute atomic E-state index is 4.65. The Morgan fingerprint density at radius 1 is 1.23 bits per heavy atom. The Balaban J connectivity index is 2.10. The smallest absolute Gasteiger partial charge is 0.0969 e. The second kappa shape index (κ2) is 2.81. The van der Waals surface area contributed by atoms with Crippen molar-refractivity contribution in [3.8, 4) is 0 Å². The Kier molecular flexibility index (Phi) is 1.62. The molecule has 0 aliphatic heterocycles. The van der Waals surface area contributed by atoms with Gasteiger partial charge in [0.05, 0.1) is 15.2 Å². The fourth-order valence-electron chi connectivity index (χ4n) is 1.72. The van der Waals surface area contributed by atoms with Crippen LogP contribution in [0.3, 0.4) is 0 Å². The molecule has 2 aromatic rings. The first-order valence-corrected chi connectivity index (χ1v) is 5.60. The van der Waals surface area contributed by atoms with E-state index >= 15 is 0 Å². The van der Waals surface area contributed by atoms with Crippen LogP contribution in [0, 0.1) is 0 Å². The van der Waals surface area contributed by atoms with Crippen molar-refractivity contribution in [2.75, 3.05) is 0 Å². The number of benzene rings is 1. The molecule has 1 aromatic carbocycles. The van der Waals surface area contributed by atoms with Crippen molar-refractivity contribution in [3.05, 3.63) is 29.3 Å². The fraction of sp³-hybridized carbons (Fsp3) is 0.364. The second-order valence-electron chi connectivity index (χ2n) is 3.65. The van der Waals surface area contributed by atoms with E-state index in [0.717, 1.165) is 5.92 Å². The Hall–Kier alpha value is -0.890. The number of aromatic nitrogens is 1. The van der Waals surface area contributed by atoms with Gasteiger partial charge < -0.3 is 0 Å². The van der Waals surface area contributed by atoms with Gasteiger partial charge in [-0.2, -0.15) is 0 Å². The van der Waals surface area contributed by atoms with E-state index in [2.05, 4.69) is 29.2 Å². The van der Waals surface area contributed by atoms with Gasteiger partial charge in [0.15, 0.2) is 0 Å². The number of para-hydroxylation sites is 1. The molecule has 1 aromatic heterocycles. The van der Waals surface area contributed by atoms with Gasteiger partial charge >= 0.3 is 0 Å². The molecule has 2 heteroatoms. The molecule has 1 fully saturated rings. The van der Waals surface area contributed by atoms with Crippen LogP contribution in [0.4, 0.5) is 0 Å². The lowest BCUT2D eigenvalue weighted by atomic mass is 9.86. The summed E-state index contributed by atoms with van der Waals surface area (Å²) in [5, 5.41) is 1.35. The molecule has 0 N–H and O–H groups in total. The molecular formula is C11H11NS. The zero-order chi connectivity index (χ0) is 8.67. The standard InChI is InChI=1S/C11H11NS/c1-2-7-10-9(6-1)12-11(13-10)8-4-3-5-8/h1-2,6-8H,3-5H2. The number of nitrogens with zero attached hydrogens (tertiary/aromatic N) is 1. The van der Waals surface area contributed by atoms with E-state index in [4.69, 9.17) is 0 Å². The molecular weight excluding hydrogens is 178 g/mol. The maximum atomic E-state index is 4.65. The summed E-state index contributed by atoms with van der Waals surface area (Å²) in [6, 6.07) is 8.42. The van der Waals surface area contributed by atoms with Gasteiger partial charge in [-0.25, -0.2) is 4.98 Å². The first-order chi connectivity index (χ1) is 6.43. The van der Waals surface area contributed by atoms with Crippen LogP contribution in [0.15, 0.2) is 24.3 Å². The van der Waals surface area contributed by atoms with Gasteiger partial charge in [-0.15, -0.1) is 11.3 Å². The van der Waals surface area contributed by atoms with Crippen molar-refractivity contribution in [2.24, 2.45) is 0 Å². The number of thiazole rings is 1. The van der Waals surface area contributed by atoms with E-state index in [-0.39, 0.29) is 0 Å². The number of hydrogen-bond donors (Lipinski definition) is 0. The topological polar surface area (TPSA) is 12.9 Å². The Labute approximate surface area is 81.4 Å². The molecule has 0 amide bonds. The Morgan fingerprint density at radius 2 is 2.08 bits per heavy atom. The quantitative estimate of drug-likeness (QED) is 0.668. The molecule has 1 aliphatic carbocycles. The summed E-state index contributed by atoms with van der Waals surface area (Å²) in [5.74, 6) is 0.775. The Bertz CT molecular complexity index is 395. The van der Waals surface area contributed by atoms with E-state index < -0.39 is 0 Å². The zero-order valence-corrected chi connectivity index (χ0v) is 8.18. The largest absolute Gasteiger partial charge is 0.241 e. The highest BCUT2D eigenvalue weighted by molar-refractivity contribution is 7.18. The Morgan fingerprint density at radius 3 is 2.77 bits per heavy atom. The molecule has 0 radical (unpaired) electrons. The van der Waals surface area contributed by atoms with Gasteiger partial charge in [-0.05, 0) is 25.0 Å². The minimum Gasteiger partial charge on any atom is -0.241 e. The van der Waals surface area contributed by atoms with Gasteiger partial charge in [0.1, 0.15) is 0 Å². The zero-order valence-electron chi connectivity index (χ0n) is 7.36. The molecule has 0 spiro atoms. The van der Waals surface area contributed by atoms with E-state index in [1.54, 1.807) is 0 Å². The average molecular weight is 189 g/mol. The van der Waals surface area contributed by atoms with E-state index in [1.807, 2.05) is 11.3 Å². The predicted octanol–water partition coefficient (Wildman–Crippen LogP) is 3.56. The number of rotatable bonds is 1. The average Bonchev–Trinajstić information content (AvgIpc) is 2.43. The highest BCUT2D eigenvalue weighted by Crippen LogP contribution is 2.39. The normalized spacial score (nSPS) is 17.5. The van der Waals surface area contributed by atoms with Crippen molar-refractivity contribution < 1.29 is 0 Å². The lowest BCUT2D eigenvalue weighted by molar-refractivity contribution is 0.419. The third kappa shape index (κ3) is 1.17. The molecule has 1 aliphatic rings. The van der Waals surface area contributed by atoms with Crippen LogP contribution in [-0.2, 0) is 0 Å². The minimum absolute atomic E-state index is 0.775. The molecule has 1 heterocycles. The fourth-order valence-corrected chi connectivity index (χ4v) is 2.86. The predicted molar refractivity (Wildman–Crippen MR) is 56.2 cm³/mol. The van der Waals surface area contributed by atoms with Gasteiger partial charge in [-0.3, -0.25) is 0 Å². The van der Waals surface area contributed by atoms with Crippen molar-refractivity contribution >= 4 is 21.6 Å². The summed E-state index contributed by atoms with van der Waals surface area (Å²) >= 11 is 1.87. The van der Waals surface area contributed by atoms with E-state index in [0.29, 0.717) is 0 Å². The maximum Gasteiger partial charge on any atom is 0.0969 e. The molecule has 0 bridgehead atoms. The molecule has 1 saturated carbocycles. The SMILES string of the molecule is c1ccc2sc(C3CCC3)nc2c1. The number of hydrogen-bond acceptors (Lipinski definition) is 2. The van der Waals surface area contributed by atoms with Crippen LogP contribution in [0.5, 0.6) is 0 Å². The van der Waals surface area contributed by atoms with Crippen LogP contribution in [0.2, 0.25) is 0 Å². The first kappa shape index (κ1) is 7.51. The summed E-state index contributed by atoms with van der Waals surface area (Å²) < 4.78 is 1.34. The van der Waals surface area contributed by atoms with Gasteiger partial charge in [-0.1, -0.05) is 18.6 Å². The summed E-state index contributed by atoms with van der Waals surface area (Å²) in [6.45, 7) is 0. The lowest BCUT2D eigenvalue weighted by Crippen LogP contribution is -2.07. The monoisotopic (exact) mass is 189 g/mol. The van der Waals surface area contributed by atoms with Gasteiger partial charge in [0.25, 0.3) is 0 Å². The molecule has 0 unspecified atom stereocenters.